The van der Waals surface area contributed by atoms with Gasteiger partial charge in [0.25, 0.3) is 0 Å². The highest BCUT2D eigenvalue weighted by molar-refractivity contribution is 14.1. The van der Waals surface area contributed by atoms with Crippen molar-refractivity contribution in [2.24, 2.45) is 5.41 Å². The van der Waals surface area contributed by atoms with Gasteiger partial charge in [0.2, 0.25) is 0 Å². The summed E-state index contributed by atoms with van der Waals surface area (Å²) in [7, 11) is 0. The van der Waals surface area contributed by atoms with Crippen molar-refractivity contribution in [1.29, 1.82) is 0 Å². The first-order valence-electron chi connectivity index (χ1n) is 6.40. The van der Waals surface area contributed by atoms with E-state index in [9.17, 15) is 0 Å². The average molecular weight is 344 g/mol. The van der Waals surface area contributed by atoms with Crippen LogP contribution in [0, 0.1) is 8.99 Å². The smallest absolute Gasteiger partial charge is 0.0449 e. The van der Waals surface area contributed by atoms with E-state index in [0.717, 1.165) is 22.3 Å². The minimum atomic E-state index is 0.598. The predicted octanol–water partition coefficient (Wildman–Crippen LogP) is 3.54. The first-order valence-corrected chi connectivity index (χ1v) is 7.48. The fraction of sp³-hybridized carbons (Fsp3) is 0.571. The van der Waals surface area contributed by atoms with Crippen molar-refractivity contribution >= 4 is 28.3 Å². The second kappa shape index (κ2) is 5.57. The van der Waals surface area contributed by atoms with Crippen molar-refractivity contribution in [2.45, 2.75) is 39.2 Å². The molecular weight excluding hydrogens is 323 g/mol. The molecule has 0 heterocycles. The van der Waals surface area contributed by atoms with Crippen molar-refractivity contribution < 1.29 is 0 Å². The SMILES string of the molecule is CCC1(CNCc2ccc(N)c(I)c2)CCC1. The fourth-order valence-corrected chi connectivity index (χ4v) is 3.06. The lowest BCUT2D eigenvalue weighted by Crippen LogP contribution is -2.39. The molecule has 17 heavy (non-hydrogen) atoms. The van der Waals surface area contributed by atoms with Crippen LogP contribution < -0.4 is 11.1 Å². The largest absolute Gasteiger partial charge is 0.398 e. The Labute approximate surface area is 117 Å². The van der Waals surface area contributed by atoms with Gasteiger partial charge in [0.05, 0.1) is 0 Å². The van der Waals surface area contributed by atoms with E-state index >= 15 is 0 Å². The summed E-state index contributed by atoms with van der Waals surface area (Å²) in [6.45, 7) is 4.43. The van der Waals surface area contributed by atoms with Crippen molar-refractivity contribution in [2.75, 3.05) is 12.3 Å². The van der Waals surface area contributed by atoms with Gasteiger partial charge in [0.1, 0.15) is 0 Å². The van der Waals surface area contributed by atoms with Crippen LogP contribution in [0.25, 0.3) is 0 Å². The molecule has 3 heteroatoms. The number of nitrogens with one attached hydrogen (secondary N) is 1. The third-order valence-electron chi connectivity index (χ3n) is 4.06. The molecule has 0 saturated heterocycles. The Balaban J connectivity index is 1.83. The third-order valence-corrected chi connectivity index (χ3v) is 4.99. The lowest BCUT2D eigenvalue weighted by molar-refractivity contribution is 0.124. The molecule has 0 aromatic heterocycles. The minimum absolute atomic E-state index is 0.598. The van der Waals surface area contributed by atoms with Crippen LogP contribution in [0.2, 0.25) is 0 Å². The molecular formula is C14H21IN2. The van der Waals surface area contributed by atoms with E-state index in [0.29, 0.717) is 5.41 Å². The van der Waals surface area contributed by atoms with Crippen LogP contribution in [0.1, 0.15) is 38.2 Å². The third kappa shape index (κ3) is 3.13. The molecule has 0 aliphatic heterocycles. The van der Waals surface area contributed by atoms with E-state index in [-0.39, 0.29) is 0 Å². The standard InChI is InChI=1S/C14H21IN2/c1-2-14(6-3-7-14)10-17-9-11-4-5-13(16)12(15)8-11/h4-5,8,17H,2-3,6-7,9-10,16H2,1H3. The summed E-state index contributed by atoms with van der Waals surface area (Å²) in [4.78, 5) is 0. The van der Waals surface area contributed by atoms with E-state index < -0.39 is 0 Å². The van der Waals surface area contributed by atoms with Gasteiger partial charge in [0, 0.05) is 22.3 Å². The van der Waals surface area contributed by atoms with E-state index in [1.807, 2.05) is 6.07 Å². The first kappa shape index (κ1) is 13.1. The van der Waals surface area contributed by atoms with Gasteiger partial charge in [-0.3, -0.25) is 0 Å². The van der Waals surface area contributed by atoms with Gasteiger partial charge >= 0.3 is 0 Å². The van der Waals surface area contributed by atoms with Crippen LogP contribution in [-0.4, -0.2) is 6.54 Å². The molecule has 1 saturated carbocycles. The number of benzene rings is 1. The van der Waals surface area contributed by atoms with Gasteiger partial charge in [-0.1, -0.05) is 19.4 Å². The van der Waals surface area contributed by atoms with Crippen LogP contribution >= 0.6 is 22.6 Å². The van der Waals surface area contributed by atoms with E-state index in [1.54, 1.807) is 0 Å². The minimum Gasteiger partial charge on any atom is -0.398 e. The maximum atomic E-state index is 5.81. The molecule has 2 nitrogen and oxygen atoms in total. The van der Waals surface area contributed by atoms with Crippen LogP contribution in [0.15, 0.2) is 18.2 Å². The maximum Gasteiger partial charge on any atom is 0.0449 e. The molecule has 1 aliphatic carbocycles. The number of hydrogen-bond acceptors (Lipinski definition) is 2. The molecule has 2 rings (SSSR count). The molecule has 0 unspecified atom stereocenters. The Morgan fingerprint density at radius 1 is 1.41 bits per heavy atom. The van der Waals surface area contributed by atoms with Crippen molar-refractivity contribution in [1.82, 2.24) is 5.32 Å². The number of nitrogen functional groups attached to an aromatic ring is 1. The molecule has 1 aliphatic rings. The van der Waals surface area contributed by atoms with Crippen LogP contribution in [0.3, 0.4) is 0 Å². The summed E-state index contributed by atoms with van der Waals surface area (Å²) in [5, 5.41) is 3.60. The monoisotopic (exact) mass is 344 g/mol. The zero-order valence-corrected chi connectivity index (χ0v) is 12.6. The summed E-state index contributed by atoms with van der Waals surface area (Å²) < 4.78 is 1.15. The fourth-order valence-electron chi connectivity index (χ4n) is 2.48. The van der Waals surface area contributed by atoms with Gasteiger partial charge in [-0.15, -0.1) is 0 Å². The van der Waals surface area contributed by atoms with Crippen LogP contribution in [0.5, 0.6) is 0 Å². The Hall–Kier alpha value is -0.290. The number of rotatable bonds is 5. The first-order chi connectivity index (χ1) is 8.15. The molecule has 1 aromatic carbocycles. The topological polar surface area (TPSA) is 38.0 Å². The highest BCUT2D eigenvalue weighted by atomic mass is 127. The highest BCUT2D eigenvalue weighted by Crippen LogP contribution is 2.43. The van der Waals surface area contributed by atoms with Crippen molar-refractivity contribution in [3.05, 3.63) is 27.3 Å². The molecule has 1 aromatic rings. The zero-order chi connectivity index (χ0) is 12.3. The highest BCUT2D eigenvalue weighted by Gasteiger charge is 2.34. The predicted molar refractivity (Wildman–Crippen MR) is 81.9 cm³/mol. The van der Waals surface area contributed by atoms with E-state index in [1.165, 1.54) is 31.2 Å². The Kier molecular flexibility index (Phi) is 4.31. The molecule has 0 radical (unpaired) electrons. The van der Waals surface area contributed by atoms with E-state index in [2.05, 4.69) is 47.0 Å². The van der Waals surface area contributed by atoms with Crippen molar-refractivity contribution in [3.63, 3.8) is 0 Å². The number of halogens is 1. The summed E-state index contributed by atoms with van der Waals surface area (Å²) in [5.41, 5.74) is 8.61. The second-order valence-electron chi connectivity index (χ2n) is 5.17. The number of hydrogen-bond donors (Lipinski definition) is 2. The Morgan fingerprint density at radius 3 is 2.71 bits per heavy atom. The summed E-state index contributed by atoms with van der Waals surface area (Å²) in [6, 6.07) is 6.28. The van der Waals surface area contributed by atoms with Gasteiger partial charge in [-0.25, -0.2) is 0 Å². The van der Waals surface area contributed by atoms with Gasteiger partial charge in [-0.2, -0.15) is 0 Å². The maximum absolute atomic E-state index is 5.81. The Morgan fingerprint density at radius 2 is 2.18 bits per heavy atom. The molecule has 0 amide bonds. The quantitative estimate of drug-likeness (QED) is 0.633. The summed E-state index contributed by atoms with van der Waals surface area (Å²) in [5.74, 6) is 0. The zero-order valence-electron chi connectivity index (χ0n) is 10.4. The number of anilines is 1. The normalized spacial score (nSPS) is 17.8. The van der Waals surface area contributed by atoms with Gasteiger partial charge in [-0.05, 0) is 65.0 Å². The lowest BCUT2D eigenvalue weighted by atomic mass is 9.67. The Bertz CT molecular complexity index is 380. The van der Waals surface area contributed by atoms with Crippen LogP contribution in [0.4, 0.5) is 5.69 Å². The average Bonchev–Trinajstić information content (AvgIpc) is 2.27. The summed E-state index contributed by atoms with van der Waals surface area (Å²) >= 11 is 2.29. The van der Waals surface area contributed by atoms with E-state index in [4.69, 9.17) is 5.73 Å². The summed E-state index contributed by atoms with van der Waals surface area (Å²) in [6.07, 6.45) is 5.51. The molecule has 0 bridgehead atoms. The van der Waals surface area contributed by atoms with Crippen LogP contribution in [-0.2, 0) is 6.54 Å². The van der Waals surface area contributed by atoms with Gasteiger partial charge in [0.15, 0.2) is 0 Å². The molecule has 1 fully saturated rings. The van der Waals surface area contributed by atoms with Gasteiger partial charge < -0.3 is 11.1 Å². The second-order valence-corrected chi connectivity index (χ2v) is 6.33. The molecule has 0 atom stereocenters. The van der Waals surface area contributed by atoms with Crippen molar-refractivity contribution in [3.8, 4) is 0 Å². The number of nitrogens with two attached hydrogens (primary N) is 1. The molecule has 0 spiro atoms. The molecule has 94 valence electrons. The lowest BCUT2D eigenvalue weighted by Gasteiger charge is -2.41. The molecule has 3 N–H and O–H groups in total.